The van der Waals surface area contributed by atoms with Crippen LogP contribution < -0.4 is 19.7 Å². The molecule has 0 saturated carbocycles. The van der Waals surface area contributed by atoms with Gasteiger partial charge in [0.2, 0.25) is 0 Å². The minimum atomic E-state index is -0.819. The normalized spacial score (nSPS) is 14.6. The summed E-state index contributed by atoms with van der Waals surface area (Å²) in [7, 11) is 0. The summed E-state index contributed by atoms with van der Waals surface area (Å²) in [6.45, 7) is 2.76. The molecule has 190 valence electrons. The zero-order valence-corrected chi connectivity index (χ0v) is 22.7. The molecule has 0 aliphatic carbocycles. The van der Waals surface area contributed by atoms with E-state index in [-0.39, 0.29) is 12.2 Å². The van der Waals surface area contributed by atoms with Crippen molar-refractivity contribution >= 4 is 68.7 Å². The summed E-state index contributed by atoms with van der Waals surface area (Å²) >= 11 is 15.6. The second-order valence-electron chi connectivity index (χ2n) is 8.01. The third-order valence-corrected chi connectivity index (χ3v) is 6.54. The second-order valence-corrected chi connectivity index (χ2v) is 9.71. The van der Waals surface area contributed by atoms with Gasteiger partial charge in [-0.15, -0.1) is 0 Å². The first-order valence-corrected chi connectivity index (χ1v) is 12.8. The molecule has 4 rings (SSSR count). The first kappa shape index (κ1) is 26.7. The van der Waals surface area contributed by atoms with Gasteiger partial charge < -0.3 is 9.47 Å². The lowest BCUT2D eigenvalue weighted by Gasteiger charge is -2.26. The smallest absolute Gasteiger partial charge is 0.335 e. The molecule has 4 amide bonds. The summed E-state index contributed by atoms with van der Waals surface area (Å²) in [5.41, 5.74) is 1.46. The largest absolute Gasteiger partial charge is 0.494 e. The highest BCUT2D eigenvalue weighted by Gasteiger charge is 2.36. The highest BCUT2D eigenvalue weighted by atomic mass is 79.9. The summed E-state index contributed by atoms with van der Waals surface area (Å²) in [6, 6.07) is 15.9. The standard InChI is InChI=1S/C27H21BrCl2N2O5/c1-2-11-36-20-8-6-19(7-9-20)32-26(34)21(25(33)31-27(32)35)12-16-3-10-24(22(28)13-16)37-15-17-4-5-18(29)14-23(17)30/h3-10,12-14H,2,11,15H2,1H3,(H,31,33,35)/b21-12-. The minimum Gasteiger partial charge on any atom is -0.494 e. The van der Waals surface area contributed by atoms with Crippen LogP contribution in [0.5, 0.6) is 11.5 Å². The Balaban J connectivity index is 1.52. The number of carbonyl (C=O) groups excluding carboxylic acids is 3. The fraction of sp³-hybridized carbons (Fsp3) is 0.148. The van der Waals surface area contributed by atoms with E-state index in [4.69, 9.17) is 32.7 Å². The first-order valence-electron chi connectivity index (χ1n) is 11.3. The Morgan fingerprint density at radius 1 is 0.973 bits per heavy atom. The molecule has 7 nitrogen and oxygen atoms in total. The average molecular weight is 604 g/mol. The van der Waals surface area contributed by atoms with Crippen LogP contribution in [0.3, 0.4) is 0 Å². The Hall–Kier alpha value is -3.33. The van der Waals surface area contributed by atoms with Gasteiger partial charge in [0.25, 0.3) is 11.8 Å². The number of urea groups is 1. The Morgan fingerprint density at radius 3 is 2.41 bits per heavy atom. The van der Waals surface area contributed by atoms with Crippen LogP contribution in [0.4, 0.5) is 10.5 Å². The third kappa shape index (κ3) is 6.33. The molecule has 1 fully saturated rings. The molecule has 1 heterocycles. The number of ether oxygens (including phenoxy) is 2. The molecule has 3 aromatic rings. The molecule has 0 atom stereocenters. The third-order valence-electron chi connectivity index (χ3n) is 5.33. The maximum atomic E-state index is 13.2. The molecule has 1 saturated heterocycles. The number of hydrogen-bond acceptors (Lipinski definition) is 5. The van der Waals surface area contributed by atoms with E-state index in [1.54, 1.807) is 60.7 Å². The number of nitrogens with one attached hydrogen (secondary N) is 1. The van der Waals surface area contributed by atoms with Crippen molar-refractivity contribution in [2.24, 2.45) is 0 Å². The number of rotatable bonds is 8. The van der Waals surface area contributed by atoms with Gasteiger partial charge in [0, 0.05) is 15.6 Å². The lowest BCUT2D eigenvalue weighted by Crippen LogP contribution is -2.54. The summed E-state index contributed by atoms with van der Waals surface area (Å²) in [6.07, 6.45) is 2.27. The number of hydrogen-bond donors (Lipinski definition) is 1. The van der Waals surface area contributed by atoms with E-state index in [0.29, 0.717) is 43.9 Å². The predicted octanol–water partition coefficient (Wildman–Crippen LogP) is 6.79. The number of anilines is 1. The topological polar surface area (TPSA) is 84.9 Å². The van der Waals surface area contributed by atoms with Crippen molar-refractivity contribution in [3.05, 3.63) is 91.9 Å². The number of carbonyl (C=O) groups is 3. The Bertz CT molecular complexity index is 1390. The Morgan fingerprint density at radius 2 is 1.73 bits per heavy atom. The summed E-state index contributed by atoms with van der Waals surface area (Å²) in [5, 5.41) is 3.25. The van der Waals surface area contributed by atoms with Gasteiger partial charge in [-0.25, -0.2) is 9.69 Å². The lowest BCUT2D eigenvalue weighted by molar-refractivity contribution is -0.122. The maximum absolute atomic E-state index is 13.2. The van der Waals surface area contributed by atoms with Crippen LogP contribution in [0.1, 0.15) is 24.5 Å². The number of imide groups is 2. The highest BCUT2D eigenvalue weighted by molar-refractivity contribution is 9.10. The summed E-state index contributed by atoms with van der Waals surface area (Å²) in [4.78, 5) is 39.1. The molecule has 10 heteroatoms. The average Bonchev–Trinajstić information content (AvgIpc) is 2.86. The van der Waals surface area contributed by atoms with Gasteiger partial charge in [-0.2, -0.15) is 0 Å². The van der Waals surface area contributed by atoms with E-state index in [2.05, 4.69) is 21.2 Å². The van der Waals surface area contributed by atoms with E-state index in [9.17, 15) is 14.4 Å². The van der Waals surface area contributed by atoms with Crippen LogP contribution in [0.25, 0.3) is 6.08 Å². The molecule has 1 aliphatic rings. The van der Waals surface area contributed by atoms with Crippen molar-refractivity contribution < 1.29 is 23.9 Å². The molecule has 0 spiro atoms. The quantitative estimate of drug-likeness (QED) is 0.226. The van der Waals surface area contributed by atoms with E-state index >= 15 is 0 Å². The van der Waals surface area contributed by atoms with Crippen LogP contribution in [0.15, 0.2) is 70.7 Å². The molecule has 1 aliphatic heterocycles. The van der Waals surface area contributed by atoms with Gasteiger partial charge in [-0.1, -0.05) is 42.3 Å². The maximum Gasteiger partial charge on any atom is 0.335 e. The molecule has 0 radical (unpaired) electrons. The number of benzene rings is 3. The van der Waals surface area contributed by atoms with E-state index in [1.165, 1.54) is 6.08 Å². The number of nitrogens with zero attached hydrogens (tertiary/aromatic N) is 1. The molecular weight excluding hydrogens is 583 g/mol. The minimum absolute atomic E-state index is 0.181. The summed E-state index contributed by atoms with van der Waals surface area (Å²) in [5.74, 6) is -0.352. The first-order chi connectivity index (χ1) is 17.8. The monoisotopic (exact) mass is 602 g/mol. The van der Waals surface area contributed by atoms with Gasteiger partial charge in [-0.3, -0.25) is 14.9 Å². The molecule has 37 heavy (non-hydrogen) atoms. The predicted molar refractivity (Wildman–Crippen MR) is 146 cm³/mol. The van der Waals surface area contributed by atoms with Gasteiger partial charge in [0.1, 0.15) is 23.7 Å². The molecule has 0 unspecified atom stereocenters. The van der Waals surface area contributed by atoms with E-state index in [0.717, 1.165) is 16.9 Å². The van der Waals surface area contributed by atoms with Crippen molar-refractivity contribution in [3.63, 3.8) is 0 Å². The van der Waals surface area contributed by atoms with Gasteiger partial charge in [-0.05, 0) is 82.5 Å². The van der Waals surface area contributed by atoms with Crippen LogP contribution >= 0.6 is 39.1 Å². The molecule has 0 bridgehead atoms. The van der Waals surface area contributed by atoms with Gasteiger partial charge in [0.15, 0.2) is 0 Å². The molecule has 3 aromatic carbocycles. The molecule has 0 aromatic heterocycles. The van der Waals surface area contributed by atoms with Gasteiger partial charge in [0.05, 0.1) is 16.8 Å². The highest BCUT2D eigenvalue weighted by Crippen LogP contribution is 2.30. The SMILES string of the molecule is CCCOc1ccc(N2C(=O)NC(=O)/C(=C/c3ccc(OCc4ccc(Cl)cc4Cl)c(Br)c3)C2=O)cc1. The second kappa shape index (κ2) is 11.8. The van der Waals surface area contributed by atoms with Crippen molar-refractivity contribution in [1.29, 1.82) is 0 Å². The lowest BCUT2D eigenvalue weighted by atomic mass is 10.1. The van der Waals surface area contributed by atoms with Gasteiger partial charge >= 0.3 is 6.03 Å². The van der Waals surface area contributed by atoms with Crippen molar-refractivity contribution in [2.75, 3.05) is 11.5 Å². The van der Waals surface area contributed by atoms with Crippen molar-refractivity contribution in [2.45, 2.75) is 20.0 Å². The van der Waals surface area contributed by atoms with Crippen LogP contribution in [0.2, 0.25) is 10.0 Å². The fourth-order valence-corrected chi connectivity index (χ4v) is 4.46. The van der Waals surface area contributed by atoms with Crippen LogP contribution in [0, 0.1) is 0 Å². The van der Waals surface area contributed by atoms with Crippen LogP contribution in [-0.2, 0) is 16.2 Å². The van der Waals surface area contributed by atoms with Crippen molar-refractivity contribution in [1.82, 2.24) is 5.32 Å². The van der Waals surface area contributed by atoms with E-state index in [1.807, 2.05) is 6.92 Å². The number of amides is 4. The van der Waals surface area contributed by atoms with E-state index < -0.39 is 17.8 Å². The zero-order chi connectivity index (χ0) is 26.5. The Labute approximate surface area is 232 Å². The number of barbiturate groups is 1. The van der Waals surface area contributed by atoms with Crippen molar-refractivity contribution in [3.8, 4) is 11.5 Å². The zero-order valence-electron chi connectivity index (χ0n) is 19.6. The summed E-state index contributed by atoms with van der Waals surface area (Å²) < 4.78 is 12.0. The number of halogens is 3. The fourth-order valence-electron chi connectivity index (χ4n) is 3.49. The van der Waals surface area contributed by atoms with Crippen LogP contribution in [-0.4, -0.2) is 24.5 Å². The molecule has 1 N–H and O–H groups in total. The molecular formula is C27H21BrCl2N2O5. The Kier molecular flexibility index (Phi) is 8.53.